The number of amides is 1. The molecule has 0 bridgehead atoms. The highest BCUT2D eigenvalue weighted by Crippen LogP contribution is 2.16. The molecule has 0 saturated carbocycles. The normalized spacial score (nSPS) is 10.0. The zero-order valence-corrected chi connectivity index (χ0v) is 12.8. The van der Waals surface area contributed by atoms with Crippen molar-refractivity contribution in [3.05, 3.63) is 57.7 Å². The molecule has 98 valence electrons. The van der Waals surface area contributed by atoms with Crippen LogP contribution in [0.4, 0.5) is 11.4 Å². The Bertz CT molecular complexity index is 584. The third-order valence-electron chi connectivity index (χ3n) is 2.62. The van der Waals surface area contributed by atoms with Gasteiger partial charge in [0.2, 0.25) is 5.91 Å². The minimum atomic E-state index is -0.0507. The number of carbonyl (C=O) groups excluding carboxylic acids is 1. The molecule has 0 saturated heterocycles. The molecule has 2 aromatic rings. The summed E-state index contributed by atoms with van der Waals surface area (Å²) in [5, 5.41) is 6.00. The molecule has 0 aromatic heterocycles. The van der Waals surface area contributed by atoms with Crippen molar-refractivity contribution < 1.29 is 4.79 Å². The molecule has 0 radical (unpaired) electrons. The van der Waals surface area contributed by atoms with E-state index in [1.807, 2.05) is 55.5 Å². The number of halogens is 1. The summed E-state index contributed by atoms with van der Waals surface area (Å²) in [6.45, 7) is 2.26. The molecule has 2 aromatic carbocycles. The molecule has 1 amide bonds. The van der Waals surface area contributed by atoms with Crippen molar-refractivity contribution in [1.82, 2.24) is 0 Å². The molecule has 0 aliphatic heterocycles. The summed E-state index contributed by atoms with van der Waals surface area (Å²) in [5.74, 6) is -0.0507. The molecule has 0 spiro atoms. The van der Waals surface area contributed by atoms with Gasteiger partial charge in [-0.3, -0.25) is 4.79 Å². The SMILES string of the molecule is Cc1cccc(NC(=O)CNc2ccccc2I)c1. The zero-order chi connectivity index (χ0) is 13.7. The monoisotopic (exact) mass is 366 g/mol. The van der Waals surface area contributed by atoms with E-state index in [2.05, 4.69) is 33.2 Å². The summed E-state index contributed by atoms with van der Waals surface area (Å²) in [4.78, 5) is 11.8. The maximum Gasteiger partial charge on any atom is 0.243 e. The van der Waals surface area contributed by atoms with Gasteiger partial charge in [0.25, 0.3) is 0 Å². The van der Waals surface area contributed by atoms with Crippen LogP contribution in [0.2, 0.25) is 0 Å². The molecule has 0 unspecified atom stereocenters. The van der Waals surface area contributed by atoms with Crippen molar-refractivity contribution in [2.45, 2.75) is 6.92 Å². The zero-order valence-electron chi connectivity index (χ0n) is 10.6. The highest BCUT2D eigenvalue weighted by molar-refractivity contribution is 14.1. The molecule has 2 rings (SSSR count). The second-order valence-corrected chi connectivity index (χ2v) is 5.41. The summed E-state index contributed by atoms with van der Waals surface area (Å²) in [6.07, 6.45) is 0. The summed E-state index contributed by atoms with van der Waals surface area (Å²) in [5.41, 5.74) is 2.93. The molecule has 0 heterocycles. The Balaban J connectivity index is 1.90. The molecule has 0 atom stereocenters. The molecular weight excluding hydrogens is 351 g/mol. The van der Waals surface area contributed by atoms with Gasteiger partial charge in [-0.1, -0.05) is 24.3 Å². The number of rotatable bonds is 4. The molecule has 3 nitrogen and oxygen atoms in total. The van der Waals surface area contributed by atoms with E-state index in [1.54, 1.807) is 0 Å². The van der Waals surface area contributed by atoms with Crippen LogP contribution in [0.3, 0.4) is 0 Å². The number of hydrogen-bond acceptors (Lipinski definition) is 2. The largest absolute Gasteiger partial charge is 0.375 e. The fourth-order valence-electron chi connectivity index (χ4n) is 1.71. The Hall–Kier alpha value is -1.56. The average Bonchev–Trinajstić information content (AvgIpc) is 2.38. The van der Waals surface area contributed by atoms with E-state index in [-0.39, 0.29) is 12.5 Å². The van der Waals surface area contributed by atoms with Crippen LogP contribution < -0.4 is 10.6 Å². The fourth-order valence-corrected chi connectivity index (χ4v) is 2.29. The van der Waals surface area contributed by atoms with Crippen molar-refractivity contribution in [3.8, 4) is 0 Å². The predicted molar refractivity (Wildman–Crippen MR) is 87.5 cm³/mol. The number of para-hydroxylation sites is 1. The maximum absolute atomic E-state index is 11.8. The van der Waals surface area contributed by atoms with Gasteiger partial charge >= 0.3 is 0 Å². The highest BCUT2D eigenvalue weighted by atomic mass is 127. The summed E-state index contributed by atoms with van der Waals surface area (Å²) in [6, 6.07) is 15.6. The van der Waals surface area contributed by atoms with E-state index in [9.17, 15) is 4.79 Å². The van der Waals surface area contributed by atoms with E-state index in [1.165, 1.54) is 0 Å². The van der Waals surface area contributed by atoms with Crippen LogP contribution in [0.5, 0.6) is 0 Å². The average molecular weight is 366 g/mol. The highest BCUT2D eigenvalue weighted by Gasteiger charge is 2.03. The number of aryl methyl sites for hydroxylation is 1. The fraction of sp³-hybridized carbons (Fsp3) is 0.133. The third-order valence-corrected chi connectivity index (χ3v) is 3.56. The van der Waals surface area contributed by atoms with E-state index in [4.69, 9.17) is 0 Å². The van der Waals surface area contributed by atoms with Crippen LogP contribution in [0.15, 0.2) is 48.5 Å². The molecule has 4 heteroatoms. The summed E-state index contributed by atoms with van der Waals surface area (Å²) < 4.78 is 1.10. The van der Waals surface area contributed by atoms with Gasteiger partial charge in [0.05, 0.1) is 6.54 Å². The number of carbonyl (C=O) groups is 1. The van der Waals surface area contributed by atoms with Crippen molar-refractivity contribution in [1.29, 1.82) is 0 Å². The molecule has 2 N–H and O–H groups in total. The Morgan fingerprint density at radius 1 is 1.16 bits per heavy atom. The van der Waals surface area contributed by atoms with E-state index >= 15 is 0 Å². The summed E-state index contributed by atoms with van der Waals surface area (Å²) in [7, 11) is 0. The third kappa shape index (κ3) is 4.24. The van der Waals surface area contributed by atoms with Crippen LogP contribution in [0.1, 0.15) is 5.56 Å². The Morgan fingerprint density at radius 2 is 1.95 bits per heavy atom. The lowest BCUT2D eigenvalue weighted by atomic mass is 10.2. The number of nitrogens with one attached hydrogen (secondary N) is 2. The van der Waals surface area contributed by atoms with Crippen LogP contribution >= 0.6 is 22.6 Å². The van der Waals surface area contributed by atoms with Gasteiger partial charge < -0.3 is 10.6 Å². The lowest BCUT2D eigenvalue weighted by molar-refractivity contribution is -0.114. The minimum absolute atomic E-state index is 0.0507. The van der Waals surface area contributed by atoms with Crippen molar-refractivity contribution in [2.75, 3.05) is 17.2 Å². The standard InChI is InChI=1S/C15H15IN2O/c1-11-5-4-6-12(9-11)18-15(19)10-17-14-8-3-2-7-13(14)16/h2-9,17H,10H2,1H3,(H,18,19). The molecule has 0 fully saturated rings. The Kier molecular flexibility index (Phi) is 4.79. The van der Waals surface area contributed by atoms with Gasteiger partial charge in [-0.15, -0.1) is 0 Å². The van der Waals surface area contributed by atoms with Gasteiger partial charge in [-0.25, -0.2) is 0 Å². The summed E-state index contributed by atoms with van der Waals surface area (Å²) >= 11 is 2.24. The molecule has 0 aliphatic carbocycles. The number of hydrogen-bond donors (Lipinski definition) is 2. The number of anilines is 2. The predicted octanol–water partition coefficient (Wildman–Crippen LogP) is 3.65. The van der Waals surface area contributed by atoms with Crippen LogP contribution in [0.25, 0.3) is 0 Å². The second kappa shape index (κ2) is 6.56. The minimum Gasteiger partial charge on any atom is -0.375 e. The Morgan fingerprint density at radius 3 is 2.68 bits per heavy atom. The number of benzene rings is 2. The maximum atomic E-state index is 11.8. The van der Waals surface area contributed by atoms with E-state index < -0.39 is 0 Å². The topological polar surface area (TPSA) is 41.1 Å². The molecular formula is C15H15IN2O. The van der Waals surface area contributed by atoms with Gasteiger partial charge in [0, 0.05) is 14.9 Å². The van der Waals surface area contributed by atoms with Crippen molar-refractivity contribution in [3.63, 3.8) is 0 Å². The van der Waals surface area contributed by atoms with E-state index in [0.717, 1.165) is 20.5 Å². The van der Waals surface area contributed by atoms with Crippen LogP contribution in [-0.4, -0.2) is 12.5 Å². The first kappa shape index (κ1) is 13.9. The quantitative estimate of drug-likeness (QED) is 0.812. The second-order valence-electron chi connectivity index (χ2n) is 4.25. The van der Waals surface area contributed by atoms with Crippen molar-refractivity contribution >= 4 is 39.9 Å². The van der Waals surface area contributed by atoms with Gasteiger partial charge in [0.1, 0.15) is 0 Å². The first-order valence-corrected chi connectivity index (χ1v) is 7.08. The van der Waals surface area contributed by atoms with Crippen LogP contribution in [-0.2, 0) is 4.79 Å². The van der Waals surface area contributed by atoms with Crippen molar-refractivity contribution in [2.24, 2.45) is 0 Å². The Labute approximate surface area is 126 Å². The lowest BCUT2D eigenvalue weighted by Crippen LogP contribution is -2.22. The first-order chi connectivity index (χ1) is 9.15. The van der Waals surface area contributed by atoms with E-state index in [0.29, 0.717) is 0 Å². The smallest absolute Gasteiger partial charge is 0.243 e. The van der Waals surface area contributed by atoms with Gasteiger partial charge in [-0.2, -0.15) is 0 Å². The lowest BCUT2D eigenvalue weighted by Gasteiger charge is -2.09. The van der Waals surface area contributed by atoms with Crippen LogP contribution in [0, 0.1) is 10.5 Å². The van der Waals surface area contributed by atoms with Gasteiger partial charge in [-0.05, 0) is 59.3 Å². The first-order valence-electron chi connectivity index (χ1n) is 6.00. The van der Waals surface area contributed by atoms with Gasteiger partial charge in [0.15, 0.2) is 0 Å². The molecule has 0 aliphatic rings. The molecule has 19 heavy (non-hydrogen) atoms.